The van der Waals surface area contributed by atoms with Crippen LogP contribution in [0.25, 0.3) is 0 Å². The molecular weight excluding hydrogens is 563 g/mol. The van der Waals surface area contributed by atoms with Crippen LogP contribution in [-0.2, 0) is 33.7 Å². The topological polar surface area (TPSA) is 197 Å². The Bertz CT molecular complexity index is 1200. The highest BCUT2D eigenvalue weighted by Crippen LogP contribution is 2.29. The van der Waals surface area contributed by atoms with Gasteiger partial charge in [-0.3, -0.25) is 14.4 Å². The molecule has 0 aliphatic heterocycles. The Morgan fingerprint density at radius 3 is 2.12 bits per heavy atom. The van der Waals surface area contributed by atoms with Gasteiger partial charge in [0.05, 0.1) is 11.6 Å². The molecule has 0 bridgehead atoms. The van der Waals surface area contributed by atoms with Crippen molar-refractivity contribution in [1.29, 1.82) is 0 Å². The van der Waals surface area contributed by atoms with Crippen molar-refractivity contribution in [2.24, 2.45) is 17.2 Å². The summed E-state index contributed by atoms with van der Waals surface area (Å²) in [6.07, 6.45) is -4.98. The summed E-state index contributed by atoms with van der Waals surface area (Å²) < 4.78 is 52.2. The molecule has 0 fully saturated rings. The van der Waals surface area contributed by atoms with Gasteiger partial charge < -0.3 is 42.8 Å². The van der Waals surface area contributed by atoms with Crippen LogP contribution in [0.1, 0.15) is 29.5 Å². The van der Waals surface area contributed by atoms with Crippen LogP contribution in [0.2, 0.25) is 0 Å². The fourth-order valence-corrected chi connectivity index (χ4v) is 4.06. The minimum atomic E-state index is -4.57. The largest absolute Gasteiger partial charge is 0.488 e. The number of amides is 3. The Balaban J connectivity index is 2.22. The van der Waals surface area contributed by atoms with Crippen LogP contribution in [0, 0.1) is 0 Å². The summed E-state index contributed by atoms with van der Waals surface area (Å²) in [5, 5.41) is 24.0. The summed E-state index contributed by atoms with van der Waals surface area (Å²) in [4.78, 5) is 40.0. The van der Waals surface area contributed by atoms with Crippen molar-refractivity contribution in [1.82, 2.24) is 10.2 Å². The lowest BCUT2D eigenvalue weighted by atomic mass is 9.77. The van der Waals surface area contributed by atoms with E-state index in [2.05, 4.69) is 10.6 Å². The smallest absolute Gasteiger partial charge is 0.423 e. The number of benzene rings is 2. The highest BCUT2D eigenvalue weighted by molar-refractivity contribution is 6.59. The van der Waals surface area contributed by atoms with Crippen LogP contribution in [0.4, 0.5) is 23.2 Å². The Morgan fingerprint density at radius 2 is 1.60 bits per heavy atom. The average molecular weight is 598 g/mol. The summed E-state index contributed by atoms with van der Waals surface area (Å²) in [6, 6.07) is 5.12. The molecule has 0 radical (unpaired) electrons. The fourth-order valence-electron chi connectivity index (χ4n) is 4.06. The third-order valence-corrected chi connectivity index (χ3v) is 6.35. The number of nitrogens with one attached hydrogen (secondary N) is 2. The zero-order valence-corrected chi connectivity index (χ0v) is 22.7. The quantitative estimate of drug-likeness (QED) is 0.104. The molecule has 2 atom stereocenters. The van der Waals surface area contributed by atoms with Crippen LogP contribution in [0.5, 0.6) is 0 Å². The van der Waals surface area contributed by atoms with Gasteiger partial charge in [0.1, 0.15) is 12.7 Å². The maximum absolute atomic E-state index is 13.2. The number of anilines is 1. The minimum absolute atomic E-state index is 0.0189. The van der Waals surface area contributed by atoms with Crippen LogP contribution in [-0.4, -0.2) is 78.1 Å². The van der Waals surface area contributed by atoms with Gasteiger partial charge in [-0.2, -0.15) is 13.2 Å². The highest BCUT2D eigenvalue weighted by atomic mass is 19.4. The average Bonchev–Trinajstić information content (AvgIpc) is 2.94. The molecule has 0 unspecified atom stereocenters. The first-order valence-electron chi connectivity index (χ1n) is 13.1. The first kappa shape index (κ1) is 34.6. The van der Waals surface area contributed by atoms with E-state index >= 15 is 0 Å². The van der Waals surface area contributed by atoms with E-state index in [1.807, 2.05) is 0 Å². The molecule has 0 saturated carbocycles. The Kier molecular flexibility index (Phi) is 13.3. The number of nitrogens with zero attached hydrogens (tertiary/aromatic N) is 1. The van der Waals surface area contributed by atoms with Crippen LogP contribution < -0.4 is 33.3 Å². The lowest BCUT2D eigenvalue weighted by molar-refractivity contribution is -0.137. The number of hydrogen-bond acceptors (Lipinski definition) is 8. The van der Waals surface area contributed by atoms with E-state index in [4.69, 9.17) is 17.2 Å². The number of halogens is 4. The van der Waals surface area contributed by atoms with E-state index in [0.29, 0.717) is 0 Å². The molecule has 10 N–H and O–H groups in total. The second kappa shape index (κ2) is 16.2. The zero-order valence-electron chi connectivity index (χ0n) is 22.7. The first-order chi connectivity index (χ1) is 19.8. The van der Waals surface area contributed by atoms with Crippen LogP contribution in [0.3, 0.4) is 0 Å². The van der Waals surface area contributed by atoms with Gasteiger partial charge in [0.15, 0.2) is 0 Å². The molecule has 3 amide bonds. The number of hydrogen-bond donors (Lipinski definition) is 7. The SMILES string of the molecule is NCCN(CCN)C(=O)CC[C@H](N)C(=O)N[C@H](Cc1ccc(C(F)(F)F)cc1)C(=O)Nc1ccc(CF)c(B(O)O)c1. The van der Waals surface area contributed by atoms with Gasteiger partial charge in [0, 0.05) is 44.7 Å². The summed E-state index contributed by atoms with van der Waals surface area (Å²) in [7, 11) is -2.03. The number of carbonyl (C=O) groups excluding carboxylic acids is 3. The molecule has 2 aromatic carbocycles. The maximum atomic E-state index is 13.2. The number of carbonyl (C=O) groups is 3. The van der Waals surface area contributed by atoms with E-state index in [9.17, 15) is 42.0 Å². The molecule has 0 spiro atoms. The fraction of sp³-hybridized carbons (Fsp3) is 0.423. The van der Waals surface area contributed by atoms with Gasteiger partial charge >= 0.3 is 13.3 Å². The summed E-state index contributed by atoms with van der Waals surface area (Å²) >= 11 is 0. The van der Waals surface area contributed by atoms with Gasteiger partial charge in [-0.25, -0.2) is 4.39 Å². The molecule has 230 valence electrons. The third kappa shape index (κ3) is 10.4. The van der Waals surface area contributed by atoms with E-state index in [1.54, 1.807) is 0 Å². The molecule has 2 rings (SSSR count). The molecule has 42 heavy (non-hydrogen) atoms. The lowest BCUT2D eigenvalue weighted by Crippen LogP contribution is -2.51. The maximum Gasteiger partial charge on any atom is 0.488 e. The highest BCUT2D eigenvalue weighted by Gasteiger charge is 2.31. The first-order valence-corrected chi connectivity index (χ1v) is 13.1. The van der Waals surface area contributed by atoms with Gasteiger partial charge in [0.2, 0.25) is 17.7 Å². The van der Waals surface area contributed by atoms with Crippen LogP contribution >= 0.6 is 0 Å². The molecular formula is C26H35BF4N6O5. The molecule has 2 aromatic rings. The molecule has 0 aliphatic carbocycles. The molecule has 16 heteroatoms. The standard InChI is InChI=1S/C26H35BF4N6O5/c28-15-17-3-6-19(14-20(17)27(41)42)35-25(40)22(13-16-1-4-18(5-2-16)26(29,30)31)36-24(39)21(34)7-8-23(38)37(11-9-32)12-10-33/h1-6,14,21-22,41-42H,7-13,15,32-34H2,(H,35,40)(H,36,39)/t21-,22+/m0/s1. The van der Waals surface area contributed by atoms with Gasteiger partial charge in [-0.15, -0.1) is 0 Å². The van der Waals surface area contributed by atoms with Crippen LogP contribution in [0.15, 0.2) is 42.5 Å². The Labute approximate surface area is 240 Å². The Hall–Kier alpha value is -3.57. The predicted octanol–water partition coefficient (Wildman–Crippen LogP) is -0.626. The third-order valence-electron chi connectivity index (χ3n) is 6.35. The van der Waals surface area contributed by atoms with Crippen molar-refractivity contribution in [3.8, 4) is 0 Å². The van der Waals surface area contributed by atoms with Crippen molar-refractivity contribution in [3.05, 3.63) is 59.2 Å². The van der Waals surface area contributed by atoms with Gasteiger partial charge in [0.25, 0.3) is 0 Å². The van der Waals surface area contributed by atoms with E-state index in [0.717, 1.165) is 30.3 Å². The number of alkyl halides is 4. The van der Waals surface area contributed by atoms with Crippen molar-refractivity contribution in [2.75, 3.05) is 31.5 Å². The lowest BCUT2D eigenvalue weighted by Gasteiger charge is -2.23. The second-order valence-electron chi connectivity index (χ2n) is 9.47. The molecule has 0 heterocycles. The molecule has 11 nitrogen and oxygen atoms in total. The second-order valence-corrected chi connectivity index (χ2v) is 9.47. The van der Waals surface area contributed by atoms with Gasteiger partial charge in [-0.1, -0.05) is 18.2 Å². The van der Waals surface area contributed by atoms with E-state index in [1.165, 1.54) is 17.0 Å². The summed E-state index contributed by atoms with van der Waals surface area (Å²) in [5.74, 6) is -1.92. The number of nitrogens with two attached hydrogens (primary N) is 3. The molecule has 0 saturated heterocycles. The predicted molar refractivity (Wildman–Crippen MR) is 149 cm³/mol. The van der Waals surface area contributed by atoms with Crippen molar-refractivity contribution in [2.45, 2.75) is 44.2 Å². The minimum Gasteiger partial charge on any atom is -0.423 e. The zero-order chi connectivity index (χ0) is 31.4. The Morgan fingerprint density at radius 1 is 0.976 bits per heavy atom. The molecule has 0 aliphatic rings. The number of rotatable bonds is 15. The van der Waals surface area contributed by atoms with Crippen molar-refractivity contribution >= 4 is 36.0 Å². The monoisotopic (exact) mass is 598 g/mol. The van der Waals surface area contributed by atoms with E-state index < -0.39 is 49.4 Å². The van der Waals surface area contributed by atoms with Gasteiger partial charge in [-0.05, 0) is 47.3 Å². The summed E-state index contributed by atoms with van der Waals surface area (Å²) in [5.41, 5.74) is 16.2. The van der Waals surface area contributed by atoms with E-state index in [-0.39, 0.29) is 73.6 Å². The summed E-state index contributed by atoms with van der Waals surface area (Å²) in [6.45, 7) is -0.0186. The van der Waals surface area contributed by atoms with Crippen molar-refractivity contribution in [3.63, 3.8) is 0 Å². The van der Waals surface area contributed by atoms with Crippen molar-refractivity contribution < 1.29 is 42.0 Å². The molecule has 0 aromatic heterocycles. The normalized spacial score (nSPS) is 12.8.